The molecule has 1 fully saturated rings. The number of pyridine rings is 1. The molecule has 4 aromatic rings. The maximum atomic E-state index is 10.6. The number of hydrogen-bond acceptors (Lipinski definition) is 7. The van der Waals surface area contributed by atoms with Crippen LogP contribution in [0, 0.1) is 13.8 Å². The van der Waals surface area contributed by atoms with Crippen LogP contribution in [0.5, 0.6) is 5.75 Å². The molecule has 2 atom stereocenters. The van der Waals surface area contributed by atoms with Crippen molar-refractivity contribution in [1.82, 2.24) is 19.7 Å². The molecule has 0 saturated carbocycles. The topological polar surface area (TPSA) is 89.4 Å². The van der Waals surface area contributed by atoms with Crippen molar-refractivity contribution in [3.05, 3.63) is 53.7 Å². The Labute approximate surface area is 185 Å². The first-order chi connectivity index (χ1) is 15.4. The summed E-state index contributed by atoms with van der Waals surface area (Å²) in [4.78, 5) is 11.8. The van der Waals surface area contributed by atoms with E-state index in [1.807, 2.05) is 51.1 Å². The van der Waals surface area contributed by atoms with Gasteiger partial charge in [0, 0.05) is 24.8 Å². The zero-order valence-corrected chi connectivity index (χ0v) is 18.4. The van der Waals surface area contributed by atoms with Crippen LogP contribution in [0.4, 0.5) is 5.95 Å². The third-order valence-electron chi connectivity index (χ3n) is 6.55. The second kappa shape index (κ2) is 6.80. The van der Waals surface area contributed by atoms with Gasteiger partial charge in [-0.2, -0.15) is 0 Å². The van der Waals surface area contributed by atoms with Crippen LogP contribution in [0.15, 0.2) is 41.1 Å². The number of aromatic nitrogens is 4. The molecule has 0 spiro atoms. The number of hydrogen-bond donors (Lipinski definition) is 1. The summed E-state index contributed by atoms with van der Waals surface area (Å²) in [6.45, 7) is 7.47. The van der Waals surface area contributed by atoms with Gasteiger partial charge in [0.05, 0.1) is 28.1 Å². The smallest absolute Gasteiger partial charge is 0.207 e. The highest BCUT2D eigenvalue weighted by Crippen LogP contribution is 2.46. The number of rotatable bonds is 3. The van der Waals surface area contributed by atoms with Gasteiger partial charge in [0.15, 0.2) is 5.75 Å². The minimum absolute atomic E-state index is 0.117. The molecule has 8 nitrogen and oxygen atoms in total. The zero-order chi connectivity index (χ0) is 22.0. The maximum Gasteiger partial charge on any atom is 0.207 e. The van der Waals surface area contributed by atoms with E-state index < -0.39 is 5.60 Å². The van der Waals surface area contributed by atoms with Gasteiger partial charge in [-0.05, 0) is 51.5 Å². The molecule has 5 heterocycles. The molecule has 3 aromatic heterocycles. The molecule has 1 unspecified atom stereocenters. The number of β-amino-alcohol motifs (C(OH)–C–C–N with tert-alkyl or cyclic N) is 1. The van der Waals surface area contributed by atoms with Gasteiger partial charge in [-0.3, -0.25) is 9.55 Å². The number of aryl methyl sites for hydroxylation is 2. The summed E-state index contributed by atoms with van der Waals surface area (Å²) in [5.74, 6) is 2.39. The van der Waals surface area contributed by atoms with E-state index in [0.29, 0.717) is 19.6 Å². The van der Waals surface area contributed by atoms with Crippen LogP contribution in [0.1, 0.15) is 36.5 Å². The highest BCUT2D eigenvalue weighted by molar-refractivity contribution is 5.94. The normalized spacial score (nSPS) is 22.5. The summed E-state index contributed by atoms with van der Waals surface area (Å²) >= 11 is 0. The number of benzene rings is 1. The van der Waals surface area contributed by atoms with Gasteiger partial charge in [-0.1, -0.05) is 11.2 Å². The number of anilines is 1. The van der Waals surface area contributed by atoms with E-state index >= 15 is 0 Å². The lowest BCUT2D eigenvalue weighted by atomic mass is 10.0. The van der Waals surface area contributed by atoms with E-state index in [9.17, 15) is 5.11 Å². The summed E-state index contributed by atoms with van der Waals surface area (Å²) < 4.78 is 14.1. The van der Waals surface area contributed by atoms with Crippen molar-refractivity contribution in [1.29, 1.82) is 0 Å². The SMILES string of the molecule is Cc1noc(C)c1-c1ccc2nc(N3CCC(C)(O)C3)n3c2c1OC[C@H]3c1ccccn1. The van der Waals surface area contributed by atoms with Crippen LogP contribution in [0.3, 0.4) is 0 Å². The number of nitrogens with zero attached hydrogens (tertiary/aromatic N) is 5. The number of ether oxygens (including phenoxy) is 1. The quantitative estimate of drug-likeness (QED) is 0.530. The Morgan fingerprint density at radius 3 is 2.75 bits per heavy atom. The van der Waals surface area contributed by atoms with Crippen molar-refractivity contribution in [2.45, 2.75) is 38.8 Å². The van der Waals surface area contributed by atoms with Crippen molar-refractivity contribution in [2.24, 2.45) is 0 Å². The van der Waals surface area contributed by atoms with E-state index in [2.05, 4.69) is 19.6 Å². The van der Waals surface area contributed by atoms with Crippen LogP contribution in [0.2, 0.25) is 0 Å². The predicted octanol–water partition coefficient (Wildman–Crippen LogP) is 3.65. The first-order valence-corrected chi connectivity index (χ1v) is 10.9. The highest BCUT2D eigenvalue weighted by Gasteiger charge is 2.38. The van der Waals surface area contributed by atoms with E-state index in [-0.39, 0.29) is 6.04 Å². The Bertz CT molecular complexity index is 1310. The maximum absolute atomic E-state index is 10.6. The molecule has 1 saturated heterocycles. The fraction of sp³-hybridized carbons (Fsp3) is 0.375. The molecule has 1 N–H and O–H groups in total. The zero-order valence-electron chi connectivity index (χ0n) is 18.4. The molecule has 8 heteroatoms. The third-order valence-corrected chi connectivity index (χ3v) is 6.55. The van der Waals surface area contributed by atoms with Gasteiger partial charge in [0.1, 0.15) is 23.9 Å². The molecule has 164 valence electrons. The van der Waals surface area contributed by atoms with Crippen LogP contribution in [-0.4, -0.2) is 50.1 Å². The van der Waals surface area contributed by atoms with Crippen LogP contribution >= 0.6 is 0 Å². The summed E-state index contributed by atoms with van der Waals surface area (Å²) in [7, 11) is 0. The van der Waals surface area contributed by atoms with Crippen LogP contribution < -0.4 is 9.64 Å². The minimum atomic E-state index is -0.727. The molecule has 6 rings (SSSR count). The molecular weight excluding hydrogens is 406 g/mol. The lowest BCUT2D eigenvalue weighted by Crippen LogP contribution is -2.33. The Kier molecular flexibility index (Phi) is 4.10. The molecular formula is C24H25N5O3. The van der Waals surface area contributed by atoms with E-state index in [1.54, 1.807) is 6.20 Å². The lowest BCUT2D eigenvalue weighted by molar-refractivity contribution is 0.0838. The van der Waals surface area contributed by atoms with Crippen molar-refractivity contribution < 1.29 is 14.4 Å². The second-order valence-corrected chi connectivity index (χ2v) is 9.04. The van der Waals surface area contributed by atoms with Crippen LogP contribution in [0.25, 0.3) is 22.2 Å². The van der Waals surface area contributed by atoms with Crippen LogP contribution in [-0.2, 0) is 0 Å². The van der Waals surface area contributed by atoms with Gasteiger partial charge < -0.3 is 19.3 Å². The summed E-state index contributed by atoms with van der Waals surface area (Å²) in [5, 5.41) is 14.7. The molecule has 0 amide bonds. The Morgan fingerprint density at radius 1 is 1.19 bits per heavy atom. The fourth-order valence-corrected chi connectivity index (χ4v) is 5.02. The molecule has 32 heavy (non-hydrogen) atoms. The monoisotopic (exact) mass is 431 g/mol. The first kappa shape index (κ1) is 19.3. The predicted molar refractivity (Wildman–Crippen MR) is 120 cm³/mol. The molecule has 2 aliphatic rings. The van der Waals surface area contributed by atoms with Crippen molar-refractivity contribution in [3.63, 3.8) is 0 Å². The molecule has 2 aliphatic heterocycles. The Morgan fingerprint density at radius 2 is 2.06 bits per heavy atom. The van der Waals surface area contributed by atoms with E-state index in [4.69, 9.17) is 14.2 Å². The summed E-state index contributed by atoms with van der Waals surface area (Å²) in [6, 6.07) is 9.87. The van der Waals surface area contributed by atoms with E-state index in [0.717, 1.165) is 57.6 Å². The van der Waals surface area contributed by atoms with Crippen molar-refractivity contribution >= 4 is 17.0 Å². The third kappa shape index (κ3) is 2.82. The molecule has 0 radical (unpaired) electrons. The Balaban J connectivity index is 1.61. The van der Waals surface area contributed by atoms with Gasteiger partial charge in [0.2, 0.25) is 5.95 Å². The van der Waals surface area contributed by atoms with Crippen molar-refractivity contribution in [2.75, 3.05) is 24.6 Å². The second-order valence-electron chi connectivity index (χ2n) is 9.04. The average Bonchev–Trinajstić information content (AvgIpc) is 3.45. The highest BCUT2D eigenvalue weighted by atomic mass is 16.5. The lowest BCUT2D eigenvalue weighted by Gasteiger charge is -2.30. The fourth-order valence-electron chi connectivity index (χ4n) is 5.02. The molecule has 0 aliphatic carbocycles. The van der Waals surface area contributed by atoms with Crippen molar-refractivity contribution in [3.8, 4) is 16.9 Å². The summed E-state index contributed by atoms with van der Waals surface area (Å²) in [6.07, 6.45) is 2.51. The minimum Gasteiger partial charge on any atom is -0.488 e. The summed E-state index contributed by atoms with van der Waals surface area (Å²) in [5.41, 5.74) is 4.73. The average molecular weight is 431 g/mol. The van der Waals surface area contributed by atoms with Gasteiger partial charge >= 0.3 is 0 Å². The van der Waals surface area contributed by atoms with Gasteiger partial charge in [0.25, 0.3) is 0 Å². The first-order valence-electron chi connectivity index (χ1n) is 10.9. The number of imidazole rings is 1. The van der Waals surface area contributed by atoms with Gasteiger partial charge in [-0.15, -0.1) is 0 Å². The van der Waals surface area contributed by atoms with Gasteiger partial charge in [-0.25, -0.2) is 4.98 Å². The Hall–Kier alpha value is -3.39. The largest absolute Gasteiger partial charge is 0.488 e. The molecule has 1 aromatic carbocycles. The molecule has 0 bridgehead atoms. The standard InChI is InChI=1S/C24H25N5O3/c1-14-20(15(2)32-27-14)16-7-8-18-21-22(16)31-12-19(17-6-4-5-10-25-17)29(21)23(26-18)28-11-9-24(3,30)13-28/h4-8,10,19,30H,9,11-13H2,1-3H3/t19-,24?/m0/s1. The number of aliphatic hydroxyl groups is 1. The van der Waals surface area contributed by atoms with E-state index in [1.165, 1.54) is 0 Å².